The van der Waals surface area contributed by atoms with Crippen LogP contribution in [0.3, 0.4) is 0 Å². The van der Waals surface area contributed by atoms with Gasteiger partial charge in [-0.1, -0.05) is 0 Å². The van der Waals surface area contributed by atoms with E-state index in [4.69, 9.17) is 13.9 Å². The van der Waals surface area contributed by atoms with Gasteiger partial charge in [0.15, 0.2) is 0 Å². The second-order valence-corrected chi connectivity index (χ2v) is 9.45. The Morgan fingerprint density at radius 3 is 2.97 bits per heavy atom. The molecule has 0 saturated carbocycles. The van der Waals surface area contributed by atoms with Crippen molar-refractivity contribution in [2.75, 3.05) is 13.7 Å². The topological polar surface area (TPSA) is 101 Å². The SMILES string of the molecule is COCn1cnc2scc(Cn3c4cc(F)c5c(c4c4c6cccnc6oc(=O)c43)OCC5)c2c1=O. The van der Waals surface area contributed by atoms with E-state index in [0.29, 0.717) is 61.8 Å². The summed E-state index contributed by atoms with van der Waals surface area (Å²) in [6, 6.07) is 5.00. The number of hydrogen-bond acceptors (Lipinski definition) is 8. The Bertz CT molecular complexity index is 1990. The van der Waals surface area contributed by atoms with Gasteiger partial charge < -0.3 is 18.5 Å². The fraction of sp³-hybridized carbons (Fsp3) is 0.200. The van der Waals surface area contributed by atoms with Crippen LogP contribution in [0.1, 0.15) is 11.1 Å². The summed E-state index contributed by atoms with van der Waals surface area (Å²) in [5.41, 5.74) is 1.22. The Morgan fingerprint density at radius 1 is 1.22 bits per heavy atom. The molecule has 0 bridgehead atoms. The third-order valence-electron chi connectivity index (χ3n) is 6.61. The first-order valence-electron chi connectivity index (χ1n) is 11.2. The molecule has 0 N–H and O–H groups in total. The van der Waals surface area contributed by atoms with Gasteiger partial charge in [-0.3, -0.25) is 9.36 Å². The van der Waals surface area contributed by atoms with Crippen molar-refractivity contribution < 1.29 is 18.3 Å². The number of thiophene rings is 1. The van der Waals surface area contributed by atoms with Gasteiger partial charge in [-0.15, -0.1) is 11.3 Å². The molecule has 0 aliphatic carbocycles. The van der Waals surface area contributed by atoms with Gasteiger partial charge in [-0.2, -0.15) is 0 Å². The molecule has 0 amide bonds. The summed E-state index contributed by atoms with van der Waals surface area (Å²) in [5.74, 6) is 0.0361. The molecule has 0 saturated heterocycles. The zero-order chi connectivity index (χ0) is 24.6. The van der Waals surface area contributed by atoms with Crippen molar-refractivity contribution in [1.29, 1.82) is 0 Å². The highest BCUT2D eigenvalue weighted by molar-refractivity contribution is 7.16. The van der Waals surface area contributed by atoms with Crippen LogP contribution in [0, 0.1) is 5.82 Å². The number of aromatic nitrogens is 4. The lowest BCUT2D eigenvalue weighted by Crippen LogP contribution is -2.21. The first kappa shape index (κ1) is 21.2. The average molecular weight is 504 g/mol. The maximum Gasteiger partial charge on any atom is 0.362 e. The van der Waals surface area contributed by atoms with E-state index in [9.17, 15) is 9.59 Å². The quantitative estimate of drug-likeness (QED) is 0.360. The van der Waals surface area contributed by atoms with Gasteiger partial charge in [0.2, 0.25) is 5.71 Å². The number of ether oxygens (including phenoxy) is 2. The predicted molar refractivity (Wildman–Crippen MR) is 132 cm³/mol. The maximum atomic E-state index is 15.2. The smallest absolute Gasteiger partial charge is 0.362 e. The molecular formula is C25H17FN4O5S. The fourth-order valence-electron chi connectivity index (χ4n) is 5.11. The van der Waals surface area contributed by atoms with Crippen LogP contribution in [0.25, 0.3) is 43.1 Å². The largest absolute Gasteiger partial charge is 0.492 e. The predicted octanol–water partition coefficient (Wildman–Crippen LogP) is 3.79. The Morgan fingerprint density at radius 2 is 2.11 bits per heavy atom. The first-order valence-corrected chi connectivity index (χ1v) is 12.1. The summed E-state index contributed by atoms with van der Waals surface area (Å²) >= 11 is 1.33. The zero-order valence-electron chi connectivity index (χ0n) is 18.9. The molecule has 1 aliphatic rings. The highest BCUT2D eigenvalue weighted by Crippen LogP contribution is 2.43. The summed E-state index contributed by atoms with van der Waals surface area (Å²) in [5, 5.41) is 4.12. The maximum absolute atomic E-state index is 15.2. The van der Waals surface area contributed by atoms with Crippen molar-refractivity contribution in [2.45, 2.75) is 19.7 Å². The van der Waals surface area contributed by atoms with Gasteiger partial charge >= 0.3 is 5.63 Å². The standard InChI is InChI=1S/C25H17FN4O5S/c1-33-11-29-10-28-23-17(24(29)31)12(9-36-23)8-30-16-7-15(26)13-4-6-34-21(13)19(16)18-14-3-2-5-27-22(14)35-25(32)20(18)30/h2-3,5,7,9-10H,4,6,8,11H2,1H3. The van der Waals surface area contributed by atoms with E-state index in [-0.39, 0.29) is 30.1 Å². The van der Waals surface area contributed by atoms with E-state index >= 15 is 4.39 Å². The monoisotopic (exact) mass is 504 g/mol. The van der Waals surface area contributed by atoms with Crippen LogP contribution in [0.4, 0.5) is 4.39 Å². The second kappa shape index (κ2) is 7.70. The third kappa shape index (κ3) is 2.83. The minimum absolute atomic E-state index is 0.0592. The molecule has 0 spiro atoms. The van der Waals surface area contributed by atoms with Crippen molar-refractivity contribution in [3.8, 4) is 5.75 Å². The van der Waals surface area contributed by atoms with E-state index < -0.39 is 11.4 Å². The zero-order valence-corrected chi connectivity index (χ0v) is 19.7. The van der Waals surface area contributed by atoms with E-state index in [0.717, 1.165) is 0 Å². The number of benzene rings is 1. The molecule has 36 heavy (non-hydrogen) atoms. The molecule has 0 atom stereocenters. The number of fused-ring (bicyclic) bond motifs is 8. The van der Waals surface area contributed by atoms with Crippen LogP contribution in [0.15, 0.2) is 50.1 Å². The van der Waals surface area contributed by atoms with Crippen LogP contribution in [-0.2, 0) is 24.4 Å². The lowest BCUT2D eigenvalue weighted by molar-refractivity contribution is 0.128. The molecule has 9 nitrogen and oxygen atoms in total. The molecule has 7 rings (SSSR count). The van der Waals surface area contributed by atoms with Crippen LogP contribution in [-0.4, -0.2) is 32.8 Å². The molecule has 11 heteroatoms. The molecule has 0 unspecified atom stereocenters. The van der Waals surface area contributed by atoms with E-state index in [1.54, 1.807) is 16.8 Å². The second-order valence-electron chi connectivity index (χ2n) is 8.59. The molecule has 1 aromatic carbocycles. The highest BCUT2D eigenvalue weighted by atomic mass is 32.1. The summed E-state index contributed by atoms with van der Waals surface area (Å²) in [6.07, 6.45) is 3.44. The Labute approximate surface area is 204 Å². The van der Waals surface area contributed by atoms with Crippen LogP contribution in [0.5, 0.6) is 5.75 Å². The van der Waals surface area contributed by atoms with Crippen LogP contribution in [0.2, 0.25) is 0 Å². The third-order valence-corrected chi connectivity index (χ3v) is 7.55. The van der Waals surface area contributed by atoms with Crippen molar-refractivity contribution in [2.24, 2.45) is 0 Å². The van der Waals surface area contributed by atoms with Crippen molar-refractivity contribution >= 4 is 54.5 Å². The minimum Gasteiger partial charge on any atom is -0.492 e. The molecular weight excluding hydrogens is 487 g/mol. The lowest BCUT2D eigenvalue weighted by Gasteiger charge is -2.09. The van der Waals surface area contributed by atoms with Crippen LogP contribution < -0.4 is 15.9 Å². The molecule has 6 aromatic rings. The van der Waals surface area contributed by atoms with E-state index in [1.165, 1.54) is 35.4 Å². The summed E-state index contributed by atoms with van der Waals surface area (Å²) in [7, 11) is 1.50. The Hall–Kier alpha value is -4.09. The minimum atomic E-state index is -0.603. The summed E-state index contributed by atoms with van der Waals surface area (Å²) in [4.78, 5) is 35.7. The van der Waals surface area contributed by atoms with Gasteiger partial charge in [0, 0.05) is 36.1 Å². The number of pyridine rings is 1. The number of nitrogens with zero attached hydrogens (tertiary/aromatic N) is 4. The Balaban J connectivity index is 1.60. The first-order chi connectivity index (χ1) is 17.6. The van der Waals surface area contributed by atoms with Gasteiger partial charge in [0.1, 0.15) is 35.0 Å². The van der Waals surface area contributed by atoms with Gasteiger partial charge in [0.05, 0.1) is 29.4 Å². The molecule has 180 valence electrons. The summed E-state index contributed by atoms with van der Waals surface area (Å²) in [6.45, 7) is 0.544. The van der Waals surface area contributed by atoms with E-state index in [1.807, 2.05) is 11.4 Å². The molecule has 0 fully saturated rings. The number of methoxy groups -OCH3 is 1. The fourth-order valence-corrected chi connectivity index (χ4v) is 6.00. The number of hydrogen-bond donors (Lipinski definition) is 0. The average Bonchev–Trinajstić information content (AvgIpc) is 3.59. The Kier molecular flexibility index (Phi) is 4.54. The van der Waals surface area contributed by atoms with Crippen molar-refractivity contribution in [3.63, 3.8) is 0 Å². The molecule has 0 radical (unpaired) electrons. The van der Waals surface area contributed by atoms with E-state index in [2.05, 4.69) is 9.97 Å². The van der Waals surface area contributed by atoms with Crippen molar-refractivity contribution in [1.82, 2.24) is 19.1 Å². The number of halogens is 1. The lowest BCUT2D eigenvalue weighted by atomic mass is 10.1. The molecule has 6 heterocycles. The molecule has 1 aliphatic heterocycles. The normalized spacial score (nSPS) is 13.3. The molecule has 5 aromatic heterocycles. The number of rotatable bonds is 4. The highest BCUT2D eigenvalue weighted by Gasteiger charge is 2.28. The van der Waals surface area contributed by atoms with Gasteiger partial charge in [0.25, 0.3) is 5.56 Å². The van der Waals surface area contributed by atoms with Gasteiger partial charge in [-0.05, 0) is 29.1 Å². The summed E-state index contributed by atoms with van der Waals surface area (Å²) < 4.78 is 34.8. The van der Waals surface area contributed by atoms with Crippen LogP contribution >= 0.6 is 11.3 Å². The van der Waals surface area contributed by atoms with Crippen molar-refractivity contribution in [3.05, 3.63) is 73.8 Å². The van der Waals surface area contributed by atoms with Gasteiger partial charge in [-0.25, -0.2) is 19.2 Å².